The molecule has 0 saturated heterocycles. The van der Waals surface area contributed by atoms with Gasteiger partial charge in [-0.1, -0.05) is 0 Å². The number of nitrogen functional groups attached to an aromatic ring is 1. The molecule has 1 aliphatic rings. The largest absolute Gasteiger partial charge is 0.399 e. The fourth-order valence-electron chi connectivity index (χ4n) is 1.36. The molecule has 0 fully saturated rings. The van der Waals surface area contributed by atoms with Crippen LogP contribution in [0, 0.1) is 0 Å². The Morgan fingerprint density at radius 1 is 1.15 bits per heavy atom. The summed E-state index contributed by atoms with van der Waals surface area (Å²) in [5.74, 6) is 0. The molecule has 68 valence electrons. The lowest BCUT2D eigenvalue weighted by Crippen LogP contribution is -2.21. The van der Waals surface area contributed by atoms with Gasteiger partial charge in [0.1, 0.15) is 0 Å². The standard InChI is InChI=1S/C10H13N3/c1-12-6-7-13(8-12)10-4-2-9(11)3-5-10/h2-7H,8,11H2,1H3. The summed E-state index contributed by atoms with van der Waals surface area (Å²) >= 11 is 0. The molecule has 3 heteroatoms. The Hall–Kier alpha value is -1.64. The highest BCUT2D eigenvalue weighted by Crippen LogP contribution is 2.19. The van der Waals surface area contributed by atoms with Gasteiger partial charge >= 0.3 is 0 Å². The molecule has 0 aliphatic carbocycles. The zero-order valence-electron chi connectivity index (χ0n) is 7.64. The number of benzene rings is 1. The first-order valence-corrected chi connectivity index (χ1v) is 4.26. The minimum atomic E-state index is 0.806. The van der Waals surface area contributed by atoms with E-state index in [-0.39, 0.29) is 0 Å². The number of hydrogen-bond donors (Lipinski definition) is 1. The van der Waals surface area contributed by atoms with Crippen molar-refractivity contribution in [3.05, 3.63) is 36.7 Å². The summed E-state index contributed by atoms with van der Waals surface area (Å²) in [6.07, 6.45) is 4.11. The zero-order chi connectivity index (χ0) is 9.26. The van der Waals surface area contributed by atoms with Crippen molar-refractivity contribution in [3.8, 4) is 0 Å². The molecule has 0 atom stereocenters. The van der Waals surface area contributed by atoms with Gasteiger partial charge in [-0.15, -0.1) is 0 Å². The van der Waals surface area contributed by atoms with Crippen molar-refractivity contribution in [1.29, 1.82) is 0 Å². The van der Waals surface area contributed by atoms with E-state index in [1.165, 1.54) is 5.69 Å². The summed E-state index contributed by atoms with van der Waals surface area (Å²) in [4.78, 5) is 4.29. The lowest BCUT2D eigenvalue weighted by molar-refractivity contribution is 0.496. The van der Waals surface area contributed by atoms with Gasteiger partial charge in [0.15, 0.2) is 0 Å². The number of nitrogens with zero attached hydrogens (tertiary/aromatic N) is 2. The Morgan fingerprint density at radius 2 is 1.85 bits per heavy atom. The highest BCUT2D eigenvalue weighted by atomic mass is 15.3. The number of rotatable bonds is 1. The predicted molar refractivity (Wildman–Crippen MR) is 55.1 cm³/mol. The van der Waals surface area contributed by atoms with Gasteiger partial charge in [0.2, 0.25) is 0 Å². The fraction of sp³-hybridized carbons (Fsp3) is 0.200. The minimum Gasteiger partial charge on any atom is -0.399 e. The molecular formula is C10H13N3. The number of nitrogens with two attached hydrogens (primary N) is 1. The fourth-order valence-corrected chi connectivity index (χ4v) is 1.36. The molecule has 2 rings (SSSR count). The quantitative estimate of drug-likeness (QED) is 0.656. The van der Waals surface area contributed by atoms with Crippen molar-refractivity contribution in [2.45, 2.75) is 0 Å². The second-order valence-corrected chi connectivity index (χ2v) is 3.26. The van der Waals surface area contributed by atoms with Crippen molar-refractivity contribution < 1.29 is 0 Å². The van der Waals surface area contributed by atoms with E-state index < -0.39 is 0 Å². The Bertz CT molecular complexity index is 315. The molecule has 0 bridgehead atoms. The average molecular weight is 175 g/mol. The van der Waals surface area contributed by atoms with Gasteiger partial charge in [0.25, 0.3) is 0 Å². The van der Waals surface area contributed by atoms with Crippen LogP contribution < -0.4 is 10.6 Å². The van der Waals surface area contributed by atoms with Crippen molar-refractivity contribution in [3.63, 3.8) is 0 Å². The molecule has 3 nitrogen and oxygen atoms in total. The van der Waals surface area contributed by atoms with Gasteiger partial charge in [-0.25, -0.2) is 0 Å². The summed E-state index contributed by atoms with van der Waals surface area (Å²) in [6, 6.07) is 7.89. The molecule has 2 N–H and O–H groups in total. The summed E-state index contributed by atoms with van der Waals surface area (Å²) in [7, 11) is 2.05. The summed E-state index contributed by atoms with van der Waals surface area (Å²) < 4.78 is 0. The molecule has 1 aromatic carbocycles. The van der Waals surface area contributed by atoms with Crippen LogP contribution in [0.2, 0.25) is 0 Å². The molecule has 0 aromatic heterocycles. The smallest absolute Gasteiger partial charge is 0.0938 e. The van der Waals surface area contributed by atoms with Crippen molar-refractivity contribution >= 4 is 11.4 Å². The molecule has 0 unspecified atom stereocenters. The molecule has 1 heterocycles. The molecule has 13 heavy (non-hydrogen) atoms. The first-order chi connectivity index (χ1) is 6.25. The highest BCUT2D eigenvalue weighted by Gasteiger charge is 2.09. The normalized spacial score (nSPS) is 15.5. The van der Waals surface area contributed by atoms with Crippen molar-refractivity contribution in [1.82, 2.24) is 4.90 Å². The van der Waals surface area contributed by atoms with Crippen LogP contribution in [0.5, 0.6) is 0 Å². The average Bonchev–Trinajstić information content (AvgIpc) is 2.53. The Balaban J connectivity index is 2.18. The van der Waals surface area contributed by atoms with Gasteiger partial charge in [-0.3, -0.25) is 0 Å². The lowest BCUT2D eigenvalue weighted by atomic mass is 10.3. The zero-order valence-corrected chi connectivity index (χ0v) is 7.64. The Morgan fingerprint density at radius 3 is 2.38 bits per heavy atom. The second-order valence-electron chi connectivity index (χ2n) is 3.26. The Kier molecular flexibility index (Phi) is 1.85. The van der Waals surface area contributed by atoms with E-state index in [0.717, 1.165) is 12.4 Å². The molecule has 1 aliphatic heterocycles. The third kappa shape index (κ3) is 1.59. The third-order valence-corrected chi connectivity index (χ3v) is 2.10. The summed E-state index contributed by atoms with van der Waals surface area (Å²) in [6.45, 7) is 0.907. The van der Waals surface area contributed by atoms with E-state index >= 15 is 0 Å². The second kappa shape index (κ2) is 3.01. The minimum absolute atomic E-state index is 0.806. The molecular weight excluding hydrogens is 162 g/mol. The topological polar surface area (TPSA) is 32.5 Å². The first-order valence-electron chi connectivity index (χ1n) is 4.26. The van der Waals surface area contributed by atoms with Crippen molar-refractivity contribution in [2.24, 2.45) is 0 Å². The van der Waals surface area contributed by atoms with E-state index in [9.17, 15) is 0 Å². The van der Waals surface area contributed by atoms with Crippen LogP contribution in [0.1, 0.15) is 0 Å². The van der Waals surface area contributed by atoms with Crippen LogP contribution in [-0.4, -0.2) is 18.6 Å². The van der Waals surface area contributed by atoms with E-state index in [1.807, 2.05) is 31.3 Å². The van der Waals surface area contributed by atoms with Crippen LogP contribution in [0.15, 0.2) is 36.7 Å². The van der Waals surface area contributed by atoms with Crippen LogP contribution in [-0.2, 0) is 0 Å². The van der Waals surface area contributed by atoms with E-state index in [2.05, 4.69) is 22.2 Å². The highest BCUT2D eigenvalue weighted by molar-refractivity contribution is 5.55. The van der Waals surface area contributed by atoms with Gasteiger partial charge in [-0.2, -0.15) is 0 Å². The maximum absolute atomic E-state index is 5.61. The third-order valence-electron chi connectivity index (χ3n) is 2.10. The van der Waals surface area contributed by atoms with Crippen molar-refractivity contribution in [2.75, 3.05) is 24.3 Å². The molecule has 0 radical (unpaired) electrons. The van der Waals surface area contributed by atoms with Gasteiger partial charge in [0.05, 0.1) is 6.67 Å². The molecule has 0 amide bonds. The number of anilines is 2. The van der Waals surface area contributed by atoms with Crippen LogP contribution in [0.4, 0.5) is 11.4 Å². The maximum Gasteiger partial charge on any atom is 0.0938 e. The molecule has 0 spiro atoms. The number of hydrogen-bond acceptors (Lipinski definition) is 3. The SMILES string of the molecule is CN1C=CN(c2ccc(N)cc2)C1. The van der Waals surface area contributed by atoms with Gasteiger partial charge < -0.3 is 15.5 Å². The van der Waals surface area contributed by atoms with Crippen LogP contribution in [0.25, 0.3) is 0 Å². The summed E-state index contributed by atoms with van der Waals surface area (Å²) in [5.41, 5.74) is 7.59. The van der Waals surface area contributed by atoms with Crippen LogP contribution >= 0.6 is 0 Å². The monoisotopic (exact) mass is 175 g/mol. The molecule has 1 aromatic rings. The van der Waals surface area contributed by atoms with Crippen LogP contribution in [0.3, 0.4) is 0 Å². The van der Waals surface area contributed by atoms with Gasteiger partial charge in [-0.05, 0) is 24.3 Å². The Labute approximate surface area is 78.1 Å². The molecule has 0 saturated carbocycles. The van der Waals surface area contributed by atoms with E-state index in [1.54, 1.807) is 0 Å². The lowest BCUT2D eigenvalue weighted by Gasteiger charge is -2.18. The van der Waals surface area contributed by atoms with E-state index in [4.69, 9.17) is 5.73 Å². The van der Waals surface area contributed by atoms with Gasteiger partial charge in [0, 0.05) is 30.8 Å². The first kappa shape index (κ1) is 7.98. The predicted octanol–water partition coefficient (Wildman–Crippen LogP) is 1.45. The maximum atomic E-state index is 5.61. The summed E-state index contributed by atoms with van der Waals surface area (Å²) in [5, 5.41) is 0. The van der Waals surface area contributed by atoms with E-state index in [0.29, 0.717) is 0 Å².